The maximum Gasteiger partial charge on any atom is 0.243 e. The number of thiazole rings is 1. The average molecular weight is 735 g/mol. The molecule has 1 aliphatic rings. The summed E-state index contributed by atoms with van der Waals surface area (Å²) in [7, 11) is -4.03. The highest BCUT2D eigenvalue weighted by Gasteiger charge is 2.45. The van der Waals surface area contributed by atoms with E-state index in [0.717, 1.165) is 39.2 Å². The Hall–Kier alpha value is -3.75. The number of fused-ring (bicyclic) bond motifs is 1. The molecule has 2 aromatic carbocycles. The molecule has 11 nitrogen and oxygen atoms in total. The van der Waals surface area contributed by atoms with Crippen molar-refractivity contribution >= 4 is 43.4 Å². The van der Waals surface area contributed by atoms with Crippen LogP contribution in [0.15, 0.2) is 78.0 Å². The largest absolute Gasteiger partial charge is 0.390 e. The van der Waals surface area contributed by atoms with Gasteiger partial charge in [-0.2, -0.15) is 4.31 Å². The fourth-order valence-corrected chi connectivity index (χ4v) is 8.83. The fourth-order valence-electron chi connectivity index (χ4n) is 6.24. The molecule has 1 fully saturated rings. The van der Waals surface area contributed by atoms with Crippen molar-refractivity contribution in [2.75, 3.05) is 19.6 Å². The number of nitrogens with zero attached hydrogens (tertiary/aromatic N) is 3. The molecule has 2 aromatic heterocycles. The number of sulfonamides is 1. The minimum atomic E-state index is -4.03. The molecule has 1 aliphatic carbocycles. The van der Waals surface area contributed by atoms with Crippen LogP contribution in [-0.2, 0) is 31.6 Å². The average Bonchev–Trinajstić information content (AvgIpc) is 3.78. The molecule has 2 amide bonds. The lowest BCUT2D eigenvalue weighted by molar-refractivity contribution is -0.132. The lowest BCUT2D eigenvalue weighted by Crippen LogP contribution is -2.59. The summed E-state index contributed by atoms with van der Waals surface area (Å²) in [5, 5.41) is 21.9. The maximum atomic E-state index is 14.1. The van der Waals surface area contributed by atoms with Crippen LogP contribution in [0.2, 0.25) is 0 Å². The highest BCUT2D eigenvalue weighted by atomic mass is 32.2. The normalized spacial score (nSPS) is 16.2. The van der Waals surface area contributed by atoms with Gasteiger partial charge < -0.3 is 15.7 Å². The van der Waals surface area contributed by atoms with Gasteiger partial charge in [0.25, 0.3) is 0 Å². The first-order valence-corrected chi connectivity index (χ1v) is 19.7. The van der Waals surface area contributed by atoms with Gasteiger partial charge in [0.1, 0.15) is 6.04 Å². The van der Waals surface area contributed by atoms with Gasteiger partial charge >= 0.3 is 0 Å². The molecule has 0 saturated heterocycles. The Morgan fingerprint density at radius 1 is 1.02 bits per heavy atom. The summed E-state index contributed by atoms with van der Waals surface area (Å²) >= 11 is 1.42. The van der Waals surface area contributed by atoms with Crippen molar-refractivity contribution in [3.63, 3.8) is 0 Å². The van der Waals surface area contributed by atoms with Gasteiger partial charge in [0.05, 0.1) is 38.8 Å². The smallest absolute Gasteiger partial charge is 0.243 e. The molecule has 0 aliphatic heterocycles. The SMILES string of the molecule is Cc1nc2ccc(S(=O)(=O)N(CC(C)C)CC(O)C(Cc3ccccc3)NC(=O)C(NC(=O)CNC3(c4cccnc4)CC3)C(C)(C)C)cc2s1. The molecule has 0 spiro atoms. The monoisotopic (exact) mass is 734 g/mol. The van der Waals surface area contributed by atoms with E-state index in [0.29, 0.717) is 0 Å². The van der Waals surface area contributed by atoms with Gasteiger partial charge in [-0.1, -0.05) is 71.0 Å². The molecule has 51 heavy (non-hydrogen) atoms. The third-order valence-electron chi connectivity index (χ3n) is 9.14. The van der Waals surface area contributed by atoms with Crippen molar-refractivity contribution in [2.24, 2.45) is 11.3 Å². The van der Waals surface area contributed by atoms with E-state index in [9.17, 15) is 23.1 Å². The van der Waals surface area contributed by atoms with Crippen molar-refractivity contribution in [1.29, 1.82) is 0 Å². The third-order valence-corrected chi connectivity index (χ3v) is 11.9. The molecule has 0 bridgehead atoms. The van der Waals surface area contributed by atoms with Crippen molar-refractivity contribution in [3.05, 3.63) is 89.2 Å². The van der Waals surface area contributed by atoms with E-state index in [1.165, 1.54) is 15.6 Å². The van der Waals surface area contributed by atoms with Crippen LogP contribution in [0.4, 0.5) is 0 Å². The topological polar surface area (TPSA) is 154 Å². The zero-order chi connectivity index (χ0) is 37.0. The Kier molecular flexibility index (Phi) is 12.0. The van der Waals surface area contributed by atoms with Crippen LogP contribution < -0.4 is 16.0 Å². The zero-order valence-electron chi connectivity index (χ0n) is 30.2. The fraction of sp³-hybridized carbons (Fsp3) is 0.474. The molecule has 1 saturated carbocycles. The quantitative estimate of drug-likeness (QED) is 0.131. The van der Waals surface area contributed by atoms with Gasteiger partial charge in [0, 0.05) is 31.0 Å². The maximum absolute atomic E-state index is 14.1. The van der Waals surface area contributed by atoms with Crippen LogP contribution in [0.25, 0.3) is 10.2 Å². The Morgan fingerprint density at radius 3 is 2.37 bits per heavy atom. The number of amides is 2. The second kappa shape index (κ2) is 15.9. The molecule has 4 N–H and O–H groups in total. The van der Waals surface area contributed by atoms with Crippen LogP contribution in [0, 0.1) is 18.3 Å². The van der Waals surface area contributed by atoms with Crippen LogP contribution in [-0.4, -0.2) is 77.4 Å². The molecule has 274 valence electrons. The predicted octanol–water partition coefficient (Wildman–Crippen LogP) is 4.54. The van der Waals surface area contributed by atoms with Crippen molar-refractivity contribution in [2.45, 2.75) is 89.4 Å². The number of carbonyl (C=O) groups excluding carboxylic acids is 2. The lowest BCUT2D eigenvalue weighted by Gasteiger charge is -2.34. The second-order valence-corrected chi connectivity index (χ2v) is 18.2. The summed E-state index contributed by atoms with van der Waals surface area (Å²) in [4.78, 5) is 36.2. The number of pyridine rings is 1. The number of hydrogen-bond acceptors (Lipinski definition) is 9. The molecule has 2 heterocycles. The van der Waals surface area contributed by atoms with Gasteiger partial charge in [-0.3, -0.25) is 19.9 Å². The summed E-state index contributed by atoms with van der Waals surface area (Å²) in [5.41, 5.74) is 1.63. The van der Waals surface area contributed by atoms with Crippen LogP contribution in [0.1, 0.15) is 63.6 Å². The Bertz CT molecular complexity index is 1910. The molecule has 0 radical (unpaired) electrons. The number of hydrogen-bond donors (Lipinski definition) is 4. The van der Waals surface area contributed by atoms with E-state index in [1.807, 2.05) is 84.0 Å². The van der Waals surface area contributed by atoms with Crippen molar-refractivity contribution < 1.29 is 23.1 Å². The highest BCUT2D eigenvalue weighted by Crippen LogP contribution is 2.45. The Balaban J connectivity index is 1.34. The Morgan fingerprint density at radius 2 is 1.75 bits per heavy atom. The standard InChI is InChI=1S/C38H50N6O5S2/c1-25(2)23-44(51(48,49)29-14-15-30-33(20-29)50-26(3)41-30)24-32(45)31(19-27-11-8-7-9-12-27)42-36(47)35(37(4,5)6)43-34(46)22-40-38(16-17-38)28-13-10-18-39-21-28/h7-15,18,20-21,25,31-32,35,40,45H,16-17,19,22-24H2,1-6H3,(H,42,47)(H,43,46). The van der Waals surface area contributed by atoms with Crippen LogP contribution >= 0.6 is 11.3 Å². The number of aryl methyl sites for hydroxylation is 1. The van der Waals surface area contributed by atoms with Gasteiger partial charge in [-0.15, -0.1) is 11.3 Å². The highest BCUT2D eigenvalue weighted by molar-refractivity contribution is 7.89. The minimum absolute atomic E-state index is 0.0136. The second-order valence-electron chi connectivity index (χ2n) is 15.0. The number of aliphatic hydroxyl groups is 1. The Labute approximate surface area is 305 Å². The molecular weight excluding hydrogens is 685 g/mol. The predicted molar refractivity (Wildman–Crippen MR) is 201 cm³/mol. The molecule has 5 rings (SSSR count). The first kappa shape index (κ1) is 38.5. The van der Waals surface area contributed by atoms with Crippen molar-refractivity contribution in [1.82, 2.24) is 30.2 Å². The number of benzene rings is 2. The van der Waals surface area contributed by atoms with Crippen LogP contribution in [0.3, 0.4) is 0 Å². The van der Waals surface area contributed by atoms with Crippen LogP contribution in [0.5, 0.6) is 0 Å². The summed E-state index contributed by atoms with van der Waals surface area (Å²) in [6.45, 7) is 11.2. The number of aliphatic hydroxyl groups excluding tert-OH is 1. The number of carbonyl (C=O) groups is 2. The summed E-state index contributed by atoms with van der Waals surface area (Å²) in [6, 6.07) is 16.4. The van der Waals surface area contributed by atoms with Crippen molar-refractivity contribution in [3.8, 4) is 0 Å². The lowest BCUT2D eigenvalue weighted by atomic mass is 9.85. The van der Waals surface area contributed by atoms with E-state index in [4.69, 9.17) is 0 Å². The van der Waals surface area contributed by atoms with Gasteiger partial charge in [0.2, 0.25) is 21.8 Å². The van der Waals surface area contributed by atoms with Gasteiger partial charge in [-0.05, 0) is 72.9 Å². The first-order valence-electron chi connectivity index (χ1n) is 17.4. The molecule has 3 unspecified atom stereocenters. The zero-order valence-corrected chi connectivity index (χ0v) is 31.9. The summed E-state index contributed by atoms with van der Waals surface area (Å²) < 4.78 is 30.3. The molecule has 13 heteroatoms. The van der Waals surface area contributed by atoms with Gasteiger partial charge in [0.15, 0.2) is 0 Å². The molecule has 3 atom stereocenters. The molecular formula is C38H50N6O5S2. The number of aromatic nitrogens is 2. The van der Waals surface area contributed by atoms with E-state index < -0.39 is 39.5 Å². The third kappa shape index (κ3) is 9.78. The van der Waals surface area contributed by atoms with E-state index >= 15 is 0 Å². The van der Waals surface area contributed by atoms with Gasteiger partial charge in [-0.25, -0.2) is 13.4 Å². The number of nitrogens with one attached hydrogen (secondary N) is 3. The van der Waals surface area contributed by atoms with E-state index in [2.05, 4.69) is 25.9 Å². The summed E-state index contributed by atoms with van der Waals surface area (Å²) in [6.07, 6.45) is 4.26. The first-order chi connectivity index (χ1) is 24.1. The number of rotatable bonds is 16. The summed E-state index contributed by atoms with van der Waals surface area (Å²) in [5.74, 6) is -0.832. The van der Waals surface area contributed by atoms with E-state index in [-0.39, 0.29) is 48.3 Å². The minimum Gasteiger partial charge on any atom is -0.390 e. The van der Waals surface area contributed by atoms with E-state index in [1.54, 1.807) is 30.6 Å². The molecule has 4 aromatic rings.